The maximum Gasteiger partial charge on any atom is 0.123 e. The molecule has 2 aromatic rings. The Bertz CT molecular complexity index is 518. The normalized spacial score (nSPS) is 12.6. The lowest BCUT2D eigenvalue weighted by Gasteiger charge is -2.22. The molecule has 3 nitrogen and oxygen atoms in total. The maximum absolute atomic E-state index is 4.53. The second-order valence-electron chi connectivity index (χ2n) is 6.05. The number of imidazole rings is 1. The molecule has 0 spiro atoms. The lowest BCUT2D eigenvalue weighted by molar-refractivity contribution is -0.884. The number of quaternary nitrogens is 1. The Hall–Kier alpha value is -1.35. The topological polar surface area (TPSA) is 17.3 Å². The van der Waals surface area contributed by atoms with E-state index in [-0.39, 0.29) is 0 Å². The van der Waals surface area contributed by atoms with Gasteiger partial charge in [-0.15, -0.1) is 0 Å². The van der Waals surface area contributed by atoms with E-state index >= 15 is 0 Å². The molecule has 0 saturated heterocycles. The van der Waals surface area contributed by atoms with Crippen molar-refractivity contribution in [3.8, 4) is 0 Å². The van der Waals surface area contributed by atoms with E-state index in [9.17, 15) is 0 Å². The Morgan fingerprint density at radius 3 is 2.59 bits per heavy atom. The van der Waals surface area contributed by atoms with Crippen molar-refractivity contribution in [2.24, 2.45) is 0 Å². The molecule has 0 saturated carbocycles. The van der Waals surface area contributed by atoms with Crippen LogP contribution in [0.2, 0.25) is 0 Å². The van der Waals surface area contributed by atoms with Crippen LogP contribution in [0.5, 0.6) is 0 Å². The zero-order valence-corrected chi connectivity index (χ0v) is 11.4. The molecule has 0 aliphatic heterocycles. The molecule has 0 aliphatic rings. The van der Waals surface area contributed by atoms with E-state index in [2.05, 4.69) is 62.7 Å². The lowest BCUT2D eigenvalue weighted by atomic mass is 10.0. The Morgan fingerprint density at radius 1 is 1.29 bits per heavy atom. The highest BCUT2D eigenvalue weighted by Crippen LogP contribution is 2.19. The number of hydrogen-bond donors (Lipinski definition) is 0. The van der Waals surface area contributed by atoms with E-state index in [1.54, 1.807) is 0 Å². The van der Waals surface area contributed by atoms with Crippen molar-refractivity contribution in [3.63, 3.8) is 0 Å². The lowest BCUT2D eigenvalue weighted by Crippen LogP contribution is -2.33. The summed E-state index contributed by atoms with van der Waals surface area (Å²) in [5, 5.41) is 0. The molecule has 0 unspecified atom stereocenters. The van der Waals surface area contributed by atoms with Crippen LogP contribution in [0.25, 0.3) is 5.52 Å². The summed E-state index contributed by atoms with van der Waals surface area (Å²) in [6.07, 6.45) is 4.02. The predicted octanol–water partition coefficient (Wildman–Crippen LogP) is 2.66. The van der Waals surface area contributed by atoms with Crippen molar-refractivity contribution in [2.45, 2.75) is 26.3 Å². The fourth-order valence-corrected chi connectivity index (χ4v) is 1.99. The Kier molecular flexibility index (Phi) is 2.96. The Balaban J connectivity index is 2.47. The molecule has 2 aromatic heterocycles. The van der Waals surface area contributed by atoms with E-state index < -0.39 is 0 Å². The minimum atomic E-state index is 0.562. The molecule has 0 radical (unpaired) electrons. The number of hydrogen-bond acceptors (Lipinski definition) is 1. The van der Waals surface area contributed by atoms with E-state index in [1.165, 1.54) is 16.8 Å². The zero-order chi connectivity index (χ0) is 12.6. The molecular weight excluding hydrogens is 210 g/mol. The molecule has 2 rings (SSSR count). The van der Waals surface area contributed by atoms with Gasteiger partial charge in [-0.05, 0) is 23.6 Å². The minimum absolute atomic E-state index is 0.562. The van der Waals surface area contributed by atoms with Crippen LogP contribution < -0.4 is 0 Å². The van der Waals surface area contributed by atoms with Crippen LogP contribution in [-0.2, 0) is 6.54 Å². The van der Waals surface area contributed by atoms with Gasteiger partial charge in [0.05, 0.1) is 33.0 Å². The minimum Gasteiger partial charge on any atom is -0.326 e. The van der Waals surface area contributed by atoms with Crippen LogP contribution in [0.4, 0.5) is 0 Å². The number of pyridine rings is 1. The van der Waals surface area contributed by atoms with E-state index in [4.69, 9.17) is 0 Å². The molecule has 0 amide bonds. The van der Waals surface area contributed by atoms with Gasteiger partial charge >= 0.3 is 0 Å². The van der Waals surface area contributed by atoms with Crippen LogP contribution in [0, 0.1) is 0 Å². The van der Waals surface area contributed by atoms with Gasteiger partial charge in [0.2, 0.25) is 0 Å². The van der Waals surface area contributed by atoms with Gasteiger partial charge < -0.3 is 8.88 Å². The first-order valence-electron chi connectivity index (χ1n) is 6.13. The van der Waals surface area contributed by atoms with Gasteiger partial charge in [-0.25, -0.2) is 4.98 Å². The molecule has 0 aromatic carbocycles. The SMILES string of the molecule is CC(C)c1ccn2cnc(C[N+](C)(C)C)c2c1. The van der Waals surface area contributed by atoms with Crippen LogP contribution in [-0.4, -0.2) is 35.0 Å². The van der Waals surface area contributed by atoms with Crippen molar-refractivity contribution >= 4 is 5.52 Å². The van der Waals surface area contributed by atoms with Crippen molar-refractivity contribution in [1.82, 2.24) is 9.38 Å². The summed E-state index contributed by atoms with van der Waals surface area (Å²) in [4.78, 5) is 4.53. The first kappa shape index (κ1) is 12.1. The van der Waals surface area contributed by atoms with E-state index in [0.29, 0.717) is 5.92 Å². The fourth-order valence-electron chi connectivity index (χ4n) is 1.99. The number of aromatic nitrogens is 2. The predicted molar refractivity (Wildman–Crippen MR) is 71.0 cm³/mol. The average molecular weight is 232 g/mol. The van der Waals surface area contributed by atoms with Gasteiger partial charge in [-0.3, -0.25) is 0 Å². The third-order valence-corrected chi connectivity index (χ3v) is 2.93. The van der Waals surface area contributed by atoms with Gasteiger partial charge in [-0.2, -0.15) is 0 Å². The molecule has 0 fully saturated rings. The smallest absolute Gasteiger partial charge is 0.123 e. The Morgan fingerprint density at radius 2 is 2.00 bits per heavy atom. The Labute approximate surface area is 103 Å². The third-order valence-electron chi connectivity index (χ3n) is 2.93. The van der Waals surface area contributed by atoms with Gasteiger partial charge in [0, 0.05) is 6.20 Å². The monoisotopic (exact) mass is 232 g/mol. The van der Waals surface area contributed by atoms with Crippen molar-refractivity contribution < 1.29 is 4.48 Å². The molecule has 0 aliphatic carbocycles. The molecule has 92 valence electrons. The number of fused-ring (bicyclic) bond motifs is 1. The molecule has 0 bridgehead atoms. The fraction of sp³-hybridized carbons (Fsp3) is 0.500. The highest BCUT2D eigenvalue weighted by Gasteiger charge is 2.14. The summed E-state index contributed by atoms with van der Waals surface area (Å²) in [6, 6.07) is 4.44. The molecule has 0 N–H and O–H groups in total. The van der Waals surface area contributed by atoms with E-state index in [0.717, 1.165) is 11.0 Å². The highest BCUT2D eigenvalue weighted by atomic mass is 15.3. The van der Waals surface area contributed by atoms with Crippen molar-refractivity contribution in [1.29, 1.82) is 0 Å². The zero-order valence-electron chi connectivity index (χ0n) is 11.4. The van der Waals surface area contributed by atoms with Gasteiger partial charge in [0.25, 0.3) is 0 Å². The summed E-state index contributed by atoms with van der Waals surface area (Å²) in [7, 11) is 6.58. The third kappa shape index (κ3) is 2.67. The van der Waals surface area contributed by atoms with Crippen LogP contribution in [0.15, 0.2) is 24.7 Å². The number of rotatable bonds is 3. The summed E-state index contributed by atoms with van der Waals surface area (Å²) in [6.45, 7) is 5.40. The summed E-state index contributed by atoms with van der Waals surface area (Å²) in [5.74, 6) is 0.562. The maximum atomic E-state index is 4.53. The second kappa shape index (κ2) is 4.15. The van der Waals surface area contributed by atoms with Crippen molar-refractivity contribution in [2.75, 3.05) is 21.1 Å². The van der Waals surface area contributed by atoms with Gasteiger partial charge in [0.1, 0.15) is 12.2 Å². The largest absolute Gasteiger partial charge is 0.326 e. The summed E-state index contributed by atoms with van der Waals surface area (Å²) >= 11 is 0. The first-order valence-corrected chi connectivity index (χ1v) is 6.13. The molecule has 3 heteroatoms. The average Bonchev–Trinajstić information content (AvgIpc) is 2.58. The molecule has 17 heavy (non-hydrogen) atoms. The number of nitrogens with zero attached hydrogens (tertiary/aromatic N) is 3. The molecular formula is C14H22N3+. The summed E-state index contributed by atoms with van der Waals surface area (Å²) < 4.78 is 3.01. The van der Waals surface area contributed by atoms with Crippen LogP contribution >= 0.6 is 0 Å². The summed E-state index contributed by atoms with van der Waals surface area (Å²) in [5.41, 5.74) is 3.80. The molecule has 0 atom stereocenters. The molecule has 2 heterocycles. The van der Waals surface area contributed by atoms with Gasteiger partial charge in [-0.1, -0.05) is 13.8 Å². The van der Waals surface area contributed by atoms with Crippen LogP contribution in [0.1, 0.15) is 31.0 Å². The standard InChI is InChI=1S/C14H22N3/c1-11(2)12-6-7-16-10-15-13(14(16)8-12)9-17(3,4)5/h6-8,10-11H,9H2,1-5H3/q+1. The van der Waals surface area contributed by atoms with Crippen molar-refractivity contribution in [3.05, 3.63) is 35.9 Å². The first-order chi connectivity index (χ1) is 7.87. The van der Waals surface area contributed by atoms with E-state index in [1.807, 2.05) is 6.33 Å². The van der Waals surface area contributed by atoms with Gasteiger partial charge in [0.15, 0.2) is 0 Å². The quantitative estimate of drug-likeness (QED) is 0.744. The van der Waals surface area contributed by atoms with Crippen LogP contribution in [0.3, 0.4) is 0 Å². The second-order valence-corrected chi connectivity index (χ2v) is 6.05. The highest BCUT2D eigenvalue weighted by molar-refractivity contribution is 5.54.